The van der Waals surface area contributed by atoms with Gasteiger partial charge in [-0.3, -0.25) is 0 Å². The Morgan fingerprint density at radius 3 is 0.798 bits per heavy atom. The molecule has 94 heavy (non-hydrogen) atoms. The van der Waals surface area contributed by atoms with Crippen molar-refractivity contribution in [2.24, 2.45) is 0 Å². The number of aryl methyl sites for hydroxylation is 1. The molecule has 0 fully saturated rings. The minimum atomic E-state index is 0. The first-order chi connectivity index (χ1) is 45.1. The molecule has 0 unspecified atom stereocenters. The monoisotopic (exact) mass is 1750 g/mol. The average molecular weight is 1740 g/mol. The first-order valence-electron chi connectivity index (χ1n) is 29.7. The fourth-order valence-electron chi connectivity index (χ4n) is 9.13. The molecule has 15 rings (SSSR count). The van der Waals surface area contributed by atoms with Gasteiger partial charge in [0.05, 0.1) is 0 Å². The van der Waals surface area contributed by atoms with Crippen LogP contribution in [0.25, 0.3) is 101 Å². The number of pyridine rings is 6. The summed E-state index contributed by atoms with van der Waals surface area (Å²) in [5.74, 6) is 0. The minimum Gasteiger partial charge on any atom is -0.305 e. The van der Waals surface area contributed by atoms with Crippen LogP contribution >= 0.6 is 0 Å². The molecule has 0 bridgehead atoms. The Morgan fingerprint density at radius 1 is 0.213 bits per heavy atom. The zero-order valence-electron chi connectivity index (χ0n) is 51.2. The van der Waals surface area contributed by atoms with Crippen LogP contribution in [-0.4, -0.2) is 29.9 Å². The van der Waals surface area contributed by atoms with Gasteiger partial charge < -0.3 is 29.9 Å². The van der Waals surface area contributed by atoms with Crippen molar-refractivity contribution in [3.8, 4) is 101 Å². The zero-order valence-corrected chi connectivity index (χ0v) is 58.4. The van der Waals surface area contributed by atoms with Gasteiger partial charge >= 0.3 is 0 Å². The number of hydrogen-bond donors (Lipinski definition) is 0. The molecule has 0 N–H and O–H groups in total. The second kappa shape index (κ2) is 39.9. The van der Waals surface area contributed by atoms with Crippen molar-refractivity contribution < 1.29 is 60.3 Å². The summed E-state index contributed by atoms with van der Waals surface area (Å²) in [4.78, 5) is 25.8. The first kappa shape index (κ1) is 71.3. The molecule has 0 saturated carbocycles. The molecule has 6 heterocycles. The molecular formula is C85H62Ir3N6-6. The molecule has 6 aromatic heterocycles. The van der Waals surface area contributed by atoms with Gasteiger partial charge in [0.1, 0.15) is 0 Å². The molecule has 6 nitrogen and oxygen atoms in total. The molecule has 3 radical (unpaired) electrons. The van der Waals surface area contributed by atoms with Crippen LogP contribution in [0.1, 0.15) is 5.56 Å². The van der Waals surface area contributed by atoms with E-state index in [2.05, 4.69) is 146 Å². The quantitative estimate of drug-likeness (QED) is 0.134. The van der Waals surface area contributed by atoms with E-state index in [-0.39, 0.29) is 60.3 Å². The van der Waals surface area contributed by atoms with Crippen LogP contribution in [0.4, 0.5) is 0 Å². The Bertz CT molecular complexity index is 3900. The maximum absolute atomic E-state index is 4.49. The van der Waals surface area contributed by atoms with Gasteiger partial charge in [0.2, 0.25) is 0 Å². The molecular weight excluding hydrogens is 1680 g/mol. The van der Waals surface area contributed by atoms with E-state index in [1.807, 2.05) is 261 Å². The van der Waals surface area contributed by atoms with Crippen molar-refractivity contribution in [1.29, 1.82) is 0 Å². The molecule has 0 aliphatic heterocycles. The third-order valence-corrected chi connectivity index (χ3v) is 13.8. The van der Waals surface area contributed by atoms with Gasteiger partial charge in [-0.05, 0) is 82.5 Å². The van der Waals surface area contributed by atoms with Crippen molar-refractivity contribution in [1.82, 2.24) is 29.9 Å². The maximum Gasteiger partial charge on any atom is 0.0239 e. The van der Waals surface area contributed by atoms with Crippen LogP contribution in [-0.2, 0) is 60.3 Å². The van der Waals surface area contributed by atoms with Crippen LogP contribution < -0.4 is 0 Å². The molecule has 0 amide bonds. The number of nitrogens with zero attached hydrogens (tertiary/aromatic N) is 6. The Balaban J connectivity index is 0.000000160. The number of aromatic nitrogens is 6. The molecule has 0 aliphatic carbocycles. The van der Waals surface area contributed by atoms with E-state index in [9.17, 15) is 0 Å². The van der Waals surface area contributed by atoms with Crippen molar-refractivity contribution >= 4 is 0 Å². The normalized spacial score (nSPS) is 9.71. The van der Waals surface area contributed by atoms with Gasteiger partial charge in [0.15, 0.2) is 0 Å². The molecule has 0 aliphatic rings. The minimum absolute atomic E-state index is 0. The summed E-state index contributed by atoms with van der Waals surface area (Å²) >= 11 is 0. The SMILES string of the molecule is Cc1ccnc(-c2[c-]cc(-c3ccccc3)cc2)c1.[Ir].[Ir].[Ir].[c-]1cc(-c2ccccc2)ccc1-c1ccccn1.[c-]1ccccc1-c1ccc(-c2ccccc2)cn1.[c-]1ccccc1-c1ccccn1.[c-]1ccccc1-c1ccccn1.[c-]1ccccc1-c1ccccn1. The number of benzene rings is 9. The predicted molar refractivity (Wildman–Crippen MR) is 372 cm³/mol. The summed E-state index contributed by atoms with van der Waals surface area (Å²) < 4.78 is 0. The standard InChI is InChI=1S/C18H14N.2C17H12N.3C11H8N.3Ir/c1-14-11-12-19-18(13-14)17-9-7-16(8-10-17)15-5-3-2-4-6-15;1-3-7-14(8-4-1)16-11-12-17(18-13-16)15-9-5-2-6-10-15;1-2-6-14(7-3-1)15-9-11-16(12-10-15)17-8-4-5-13-18-17;3*1-2-6-10(7-3-1)11-8-4-5-9-12-11;;;/h2-9,11-13H,1H3;1-9,11-13H;1-11,13H;3*1-6,8-9H;;;/q6*-1;;;. The fourth-order valence-corrected chi connectivity index (χ4v) is 9.13. The van der Waals surface area contributed by atoms with E-state index < -0.39 is 0 Å². The molecule has 465 valence electrons. The third kappa shape index (κ3) is 22.6. The molecule has 0 saturated heterocycles. The largest absolute Gasteiger partial charge is 0.305 e. The van der Waals surface area contributed by atoms with Crippen molar-refractivity contribution in [2.75, 3.05) is 0 Å². The second-order valence-corrected chi connectivity index (χ2v) is 20.2. The summed E-state index contributed by atoms with van der Waals surface area (Å²) in [5, 5.41) is 0. The molecule has 0 spiro atoms. The van der Waals surface area contributed by atoms with Gasteiger partial charge in [-0.1, -0.05) is 186 Å². The van der Waals surface area contributed by atoms with E-state index in [0.29, 0.717) is 0 Å². The van der Waals surface area contributed by atoms with Gasteiger partial charge in [-0.15, -0.1) is 203 Å². The molecule has 0 atom stereocenters. The van der Waals surface area contributed by atoms with E-state index in [1.54, 1.807) is 24.8 Å². The number of hydrogen-bond acceptors (Lipinski definition) is 6. The summed E-state index contributed by atoms with van der Waals surface area (Å²) in [6.07, 6.45) is 10.9. The van der Waals surface area contributed by atoms with Crippen LogP contribution in [0.5, 0.6) is 0 Å². The third-order valence-electron chi connectivity index (χ3n) is 13.8. The Kier molecular flexibility index (Phi) is 30.3. The Morgan fingerprint density at radius 2 is 0.511 bits per heavy atom. The van der Waals surface area contributed by atoms with Crippen molar-refractivity contribution in [3.63, 3.8) is 0 Å². The van der Waals surface area contributed by atoms with Gasteiger partial charge in [0, 0.05) is 97.5 Å². The first-order valence-corrected chi connectivity index (χ1v) is 29.7. The van der Waals surface area contributed by atoms with Crippen molar-refractivity contribution in [2.45, 2.75) is 6.92 Å². The topological polar surface area (TPSA) is 77.3 Å². The van der Waals surface area contributed by atoms with Crippen LogP contribution in [0.3, 0.4) is 0 Å². The van der Waals surface area contributed by atoms with E-state index >= 15 is 0 Å². The van der Waals surface area contributed by atoms with E-state index in [4.69, 9.17) is 0 Å². The smallest absolute Gasteiger partial charge is 0.0239 e. The molecule has 9 aromatic carbocycles. The van der Waals surface area contributed by atoms with Gasteiger partial charge in [-0.2, -0.15) is 0 Å². The average Bonchev–Trinajstić information content (AvgIpc) is 1.09. The van der Waals surface area contributed by atoms with Crippen LogP contribution in [0, 0.1) is 43.3 Å². The Hall–Kier alpha value is -10.2. The predicted octanol–water partition coefficient (Wildman–Crippen LogP) is 20.6. The summed E-state index contributed by atoms with van der Waals surface area (Å²) in [7, 11) is 0. The zero-order chi connectivity index (χ0) is 62.2. The second-order valence-electron chi connectivity index (χ2n) is 20.2. The van der Waals surface area contributed by atoms with Gasteiger partial charge in [0.25, 0.3) is 0 Å². The van der Waals surface area contributed by atoms with Crippen molar-refractivity contribution in [3.05, 3.63) is 401 Å². The summed E-state index contributed by atoms with van der Waals surface area (Å²) in [6, 6.07) is 126. The van der Waals surface area contributed by atoms with E-state index in [1.165, 1.54) is 33.4 Å². The van der Waals surface area contributed by atoms with Crippen LogP contribution in [0.2, 0.25) is 0 Å². The molecule has 9 heteroatoms. The Labute approximate surface area is 593 Å². The summed E-state index contributed by atoms with van der Waals surface area (Å²) in [6.45, 7) is 2.07. The van der Waals surface area contributed by atoms with Crippen LogP contribution in [0.15, 0.2) is 359 Å². The molecule has 15 aromatic rings. The fraction of sp³-hybridized carbons (Fsp3) is 0.0118. The summed E-state index contributed by atoms with van der Waals surface area (Å²) in [5.41, 5.74) is 20.3. The number of rotatable bonds is 9. The maximum atomic E-state index is 4.49. The van der Waals surface area contributed by atoms with E-state index in [0.717, 1.165) is 73.1 Å². The van der Waals surface area contributed by atoms with Gasteiger partial charge in [-0.25, -0.2) is 0 Å².